The molecule has 2 heterocycles. The number of rotatable bonds is 5. The number of piperidine rings is 1. The lowest BCUT2D eigenvalue weighted by atomic mass is 9.99. The van der Waals surface area contributed by atoms with Crippen molar-refractivity contribution in [2.75, 3.05) is 26.8 Å². The van der Waals surface area contributed by atoms with Gasteiger partial charge in [-0.3, -0.25) is 0 Å². The highest BCUT2D eigenvalue weighted by molar-refractivity contribution is 7.89. The van der Waals surface area contributed by atoms with Crippen molar-refractivity contribution in [2.24, 2.45) is 11.7 Å². The fourth-order valence-electron chi connectivity index (χ4n) is 2.40. The number of nitrogens with zero attached hydrogens (tertiary/aromatic N) is 1. The van der Waals surface area contributed by atoms with E-state index in [1.54, 1.807) is 22.9 Å². The van der Waals surface area contributed by atoms with Gasteiger partial charge in [0.05, 0.1) is 4.90 Å². The summed E-state index contributed by atoms with van der Waals surface area (Å²) < 4.78 is 31.8. The van der Waals surface area contributed by atoms with Gasteiger partial charge in [-0.25, -0.2) is 8.42 Å². The summed E-state index contributed by atoms with van der Waals surface area (Å²) in [5.41, 5.74) is 5.59. The molecule has 0 radical (unpaired) electrons. The Labute approximate surface area is 118 Å². The van der Waals surface area contributed by atoms with Crippen LogP contribution < -0.4 is 5.73 Å². The second-order valence-corrected chi connectivity index (χ2v) is 7.62. The van der Waals surface area contributed by atoms with E-state index in [2.05, 4.69) is 0 Å². The molecule has 0 amide bonds. The molecule has 2 rings (SSSR count). The van der Waals surface area contributed by atoms with E-state index >= 15 is 0 Å². The number of nitrogens with two attached hydrogens (primary N) is 1. The highest BCUT2D eigenvalue weighted by Crippen LogP contribution is 2.28. The quantitative estimate of drug-likeness (QED) is 0.888. The molecule has 108 valence electrons. The third kappa shape index (κ3) is 3.17. The number of hydrogen-bond acceptors (Lipinski definition) is 5. The van der Waals surface area contributed by atoms with E-state index in [-0.39, 0.29) is 6.54 Å². The molecule has 0 saturated carbocycles. The summed E-state index contributed by atoms with van der Waals surface area (Å²) in [6, 6.07) is 1.66. The Balaban J connectivity index is 2.10. The van der Waals surface area contributed by atoms with Gasteiger partial charge in [0.2, 0.25) is 10.0 Å². The summed E-state index contributed by atoms with van der Waals surface area (Å²) >= 11 is 1.40. The van der Waals surface area contributed by atoms with Gasteiger partial charge in [0.15, 0.2) is 0 Å². The van der Waals surface area contributed by atoms with Crippen LogP contribution in [0.25, 0.3) is 0 Å². The standard InChI is InChI=1S/C12H20N2O3S2/c1-17-9-10-2-5-14(6-3-10)19(15,16)12-4-7-18-11(12)8-13/h4,7,10H,2-3,5-6,8-9,13H2,1H3. The zero-order valence-corrected chi connectivity index (χ0v) is 12.7. The van der Waals surface area contributed by atoms with Crippen molar-refractivity contribution in [1.29, 1.82) is 0 Å². The topological polar surface area (TPSA) is 72.6 Å². The maximum atomic E-state index is 12.5. The molecule has 0 bridgehead atoms. The lowest BCUT2D eigenvalue weighted by Crippen LogP contribution is -2.39. The van der Waals surface area contributed by atoms with Gasteiger partial charge in [0.25, 0.3) is 0 Å². The van der Waals surface area contributed by atoms with Gasteiger partial charge in [0, 0.05) is 38.2 Å². The van der Waals surface area contributed by atoms with E-state index in [1.165, 1.54) is 11.3 Å². The number of thiophene rings is 1. The predicted molar refractivity (Wildman–Crippen MR) is 75.6 cm³/mol. The average Bonchev–Trinajstić information content (AvgIpc) is 2.89. The lowest BCUT2D eigenvalue weighted by Gasteiger charge is -2.30. The minimum Gasteiger partial charge on any atom is -0.384 e. The normalized spacial score (nSPS) is 18.8. The van der Waals surface area contributed by atoms with Crippen LogP contribution in [0.3, 0.4) is 0 Å². The van der Waals surface area contributed by atoms with E-state index in [1.807, 2.05) is 0 Å². The van der Waals surface area contributed by atoms with Crippen LogP contribution in [0.4, 0.5) is 0 Å². The molecule has 0 aromatic carbocycles. The Hall–Kier alpha value is -0.470. The summed E-state index contributed by atoms with van der Waals surface area (Å²) in [5, 5.41) is 1.78. The van der Waals surface area contributed by atoms with E-state index in [0.717, 1.165) is 17.7 Å². The fraction of sp³-hybridized carbons (Fsp3) is 0.667. The SMILES string of the molecule is COCC1CCN(S(=O)(=O)c2ccsc2CN)CC1. The second-order valence-electron chi connectivity index (χ2n) is 4.71. The summed E-state index contributed by atoms with van der Waals surface area (Å²) in [6.45, 7) is 2.11. The van der Waals surface area contributed by atoms with E-state index < -0.39 is 10.0 Å². The molecular formula is C12H20N2O3S2. The summed E-state index contributed by atoms with van der Waals surface area (Å²) in [6.07, 6.45) is 1.71. The van der Waals surface area contributed by atoms with Crippen molar-refractivity contribution in [1.82, 2.24) is 4.31 Å². The Kier molecular flexibility index (Phi) is 4.97. The Morgan fingerprint density at radius 3 is 2.74 bits per heavy atom. The zero-order valence-electron chi connectivity index (χ0n) is 11.0. The molecule has 2 N–H and O–H groups in total. The van der Waals surface area contributed by atoms with Crippen LogP contribution in [-0.2, 0) is 21.3 Å². The third-order valence-electron chi connectivity index (χ3n) is 3.48. The second kappa shape index (κ2) is 6.32. The molecule has 1 aliphatic rings. The van der Waals surface area contributed by atoms with Crippen molar-refractivity contribution >= 4 is 21.4 Å². The van der Waals surface area contributed by atoms with E-state index in [0.29, 0.717) is 30.5 Å². The first-order chi connectivity index (χ1) is 9.09. The van der Waals surface area contributed by atoms with Crippen molar-refractivity contribution in [2.45, 2.75) is 24.3 Å². The monoisotopic (exact) mass is 304 g/mol. The van der Waals surface area contributed by atoms with Gasteiger partial charge >= 0.3 is 0 Å². The van der Waals surface area contributed by atoms with Gasteiger partial charge < -0.3 is 10.5 Å². The number of sulfonamides is 1. The van der Waals surface area contributed by atoms with Crippen molar-refractivity contribution in [3.63, 3.8) is 0 Å². The molecule has 19 heavy (non-hydrogen) atoms. The van der Waals surface area contributed by atoms with Crippen LogP contribution in [0.2, 0.25) is 0 Å². The van der Waals surface area contributed by atoms with Gasteiger partial charge in [-0.15, -0.1) is 11.3 Å². The molecule has 1 saturated heterocycles. The first kappa shape index (κ1) is 14.9. The largest absolute Gasteiger partial charge is 0.384 e. The first-order valence-electron chi connectivity index (χ1n) is 6.35. The predicted octanol–water partition coefficient (Wildman–Crippen LogP) is 1.25. The molecule has 5 nitrogen and oxygen atoms in total. The molecule has 1 aromatic rings. The summed E-state index contributed by atoms with van der Waals surface area (Å²) in [7, 11) is -1.69. The first-order valence-corrected chi connectivity index (χ1v) is 8.67. The molecule has 0 unspecified atom stereocenters. The molecule has 0 spiro atoms. The Morgan fingerprint density at radius 2 is 2.16 bits per heavy atom. The maximum Gasteiger partial charge on any atom is 0.244 e. The molecule has 1 aliphatic heterocycles. The van der Waals surface area contributed by atoms with Crippen molar-refractivity contribution in [3.05, 3.63) is 16.3 Å². The van der Waals surface area contributed by atoms with Gasteiger partial charge in [-0.05, 0) is 30.2 Å². The average molecular weight is 304 g/mol. The van der Waals surface area contributed by atoms with Crippen LogP contribution in [-0.4, -0.2) is 39.5 Å². The smallest absolute Gasteiger partial charge is 0.244 e. The van der Waals surface area contributed by atoms with Gasteiger partial charge in [-0.1, -0.05) is 0 Å². The molecule has 7 heteroatoms. The summed E-state index contributed by atoms with van der Waals surface area (Å²) in [5.74, 6) is 0.466. The van der Waals surface area contributed by atoms with Crippen LogP contribution in [0, 0.1) is 5.92 Å². The number of methoxy groups -OCH3 is 1. The highest BCUT2D eigenvalue weighted by atomic mass is 32.2. The van der Waals surface area contributed by atoms with Crippen molar-refractivity contribution < 1.29 is 13.2 Å². The van der Waals surface area contributed by atoms with Crippen LogP contribution in [0.1, 0.15) is 17.7 Å². The van der Waals surface area contributed by atoms with E-state index in [4.69, 9.17) is 10.5 Å². The molecule has 1 aromatic heterocycles. The Morgan fingerprint density at radius 1 is 1.47 bits per heavy atom. The van der Waals surface area contributed by atoms with Gasteiger partial charge in [0.1, 0.15) is 0 Å². The highest BCUT2D eigenvalue weighted by Gasteiger charge is 2.31. The molecule has 0 aliphatic carbocycles. The van der Waals surface area contributed by atoms with Crippen LogP contribution in [0.15, 0.2) is 16.3 Å². The molecule has 1 fully saturated rings. The minimum atomic E-state index is -3.38. The Bertz CT molecular complexity index is 505. The maximum absolute atomic E-state index is 12.5. The van der Waals surface area contributed by atoms with Gasteiger partial charge in [-0.2, -0.15) is 4.31 Å². The number of ether oxygens (including phenoxy) is 1. The fourth-order valence-corrected chi connectivity index (χ4v) is 5.17. The third-order valence-corrected chi connectivity index (χ3v) is 6.54. The molecule has 0 atom stereocenters. The summed E-state index contributed by atoms with van der Waals surface area (Å²) in [4.78, 5) is 1.12. The zero-order chi connectivity index (χ0) is 13.9. The van der Waals surface area contributed by atoms with E-state index in [9.17, 15) is 8.42 Å². The van der Waals surface area contributed by atoms with Crippen molar-refractivity contribution in [3.8, 4) is 0 Å². The van der Waals surface area contributed by atoms with Crippen LogP contribution in [0.5, 0.6) is 0 Å². The van der Waals surface area contributed by atoms with Crippen LogP contribution >= 0.6 is 11.3 Å². The minimum absolute atomic E-state index is 0.270. The molecular weight excluding hydrogens is 284 g/mol. The lowest BCUT2D eigenvalue weighted by molar-refractivity contribution is 0.121. The number of hydrogen-bond donors (Lipinski definition) is 1.